The number of rotatable bonds is 3. The predicted molar refractivity (Wildman–Crippen MR) is 48.9 cm³/mol. The van der Waals surface area contributed by atoms with Gasteiger partial charge in [-0.2, -0.15) is 13.1 Å². The summed E-state index contributed by atoms with van der Waals surface area (Å²) in [6, 6.07) is 3.64. The summed E-state index contributed by atoms with van der Waals surface area (Å²) in [6.07, 6.45) is 1.60. The van der Waals surface area contributed by atoms with Gasteiger partial charge >= 0.3 is 0 Å². The Balaban J connectivity index is 2.71. The molecule has 72 valence electrons. The van der Waals surface area contributed by atoms with E-state index >= 15 is 0 Å². The van der Waals surface area contributed by atoms with E-state index in [0.717, 1.165) is 5.56 Å². The van der Waals surface area contributed by atoms with Crippen molar-refractivity contribution in [2.24, 2.45) is 5.14 Å². The Morgan fingerprint density at radius 1 is 1.62 bits per heavy atom. The molecule has 0 radical (unpaired) electrons. The average Bonchev–Trinajstić information content (AvgIpc) is 2.01. The highest BCUT2D eigenvalue weighted by atomic mass is 32.2. The number of aryl methyl sites for hydroxylation is 1. The molecule has 0 saturated heterocycles. The van der Waals surface area contributed by atoms with Gasteiger partial charge in [-0.3, -0.25) is 4.98 Å². The minimum Gasteiger partial charge on any atom is -0.260 e. The molecule has 0 fully saturated rings. The zero-order chi connectivity index (χ0) is 9.90. The maximum Gasteiger partial charge on any atom is 0.274 e. The molecule has 1 aromatic rings. The summed E-state index contributed by atoms with van der Waals surface area (Å²) in [7, 11) is -3.63. The van der Waals surface area contributed by atoms with Crippen molar-refractivity contribution in [3.63, 3.8) is 0 Å². The van der Waals surface area contributed by atoms with Crippen LogP contribution in [-0.2, 0) is 16.8 Å². The molecular formula is C7H11N3O2S. The van der Waals surface area contributed by atoms with Crippen LogP contribution in [0.2, 0.25) is 0 Å². The SMILES string of the molecule is Cc1cccnc1CNS(N)(=O)=O. The fourth-order valence-corrected chi connectivity index (χ4v) is 1.21. The van der Waals surface area contributed by atoms with Crippen molar-refractivity contribution in [1.29, 1.82) is 0 Å². The lowest BCUT2D eigenvalue weighted by Crippen LogP contribution is -2.30. The molecule has 6 heteroatoms. The number of nitrogens with one attached hydrogen (secondary N) is 1. The van der Waals surface area contributed by atoms with E-state index in [1.807, 2.05) is 13.0 Å². The van der Waals surface area contributed by atoms with Gasteiger partial charge in [-0.05, 0) is 18.6 Å². The molecule has 1 heterocycles. The molecule has 0 atom stereocenters. The van der Waals surface area contributed by atoms with Gasteiger partial charge in [-0.1, -0.05) is 6.07 Å². The van der Waals surface area contributed by atoms with Crippen LogP contribution in [0.4, 0.5) is 0 Å². The highest BCUT2D eigenvalue weighted by Crippen LogP contribution is 2.01. The van der Waals surface area contributed by atoms with Gasteiger partial charge in [0.15, 0.2) is 0 Å². The van der Waals surface area contributed by atoms with Crippen molar-refractivity contribution in [3.05, 3.63) is 29.6 Å². The molecule has 0 spiro atoms. The van der Waals surface area contributed by atoms with E-state index < -0.39 is 10.2 Å². The molecule has 5 nitrogen and oxygen atoms in total. The molecule has 0 unspecified atom stereocenters. The number of nitrogens with two attached hydrogens (primary N) is 1. The highest BCUT2D eigenvalue weighted by Gasteiger charge is 2.03. The number of pyridine rings is 1. The third-order valence-electron chi connectivity index (χ3n) is 1.56. The summed E-state index contributed by atoms with van der Waals surface area (Å²) in [6.45, 7) is 1.98. The summed E-state index contributed by atoms with van der Waals surface area (Å²) >= 11 is 0. The Morgan fingerprint density at radius 2 is 2.31 bits per heavy atom. The van der Waals surface area contributed by atoms with Crippen molar-refractivity contribution < 1.29 is 8.42 Å². The molecule has 0 amide bonds. The van der Waals surface area contributed by atoms with Crippen LogP contribution in [0, 0.1) is 6.92 Å². The molecule has 0 aliphatic carbocycles. The third kappa shape index (κ3) is 3.49. The van der Waals surface area contributed by atoms with Gasteiger partial charge in [-0.15, -0.1) is 0 Å². The molecule has 0 aromatic carbocycles. The number of hydrogen-bond acceptors (Lipinski definition) is 3. The lowest BCUT2D eigenvalue weighted by atomic mass is 10.2. The van der Waals surface area contributed by atoms with E-state index in [2.05, 4.69) is 9.71 Å². The van der Waals surface area contributed by atoms with Crippen LogP contribution >= 0.6 is 0 Å². The van der Waals surface area contributed by atoms with Gasteiger partial charge in [-0.25, -0.2) is 5.14 Å². The minimum atomic E-state index is -3.63. The average molecular weight is 201 g/mol. The molecule has 0 aliphatic rings. The summed E-state index contributed by atoms with van der Waals surface area (Å²) in [5, 5.41) is 4.77. The van der Waals surface area contributed by atoms with Crippen LogP contribution in [0.25, 0.3) is 0 Å². The first-order chi connectivity index (χ1) is 5.99. The standard InChI is InChI=1S/C7H11N3O2S/c1-6-3-2-4-9-7(6)5-10-13(8,11)12/h2-4,10H,5H2,1H3,(H2,8,11,12). The van der Waals surface area contributed by atoms with Gasteiger partial charge in [0.2, 0.25) is 0 Å². The molecular weight excluding hydrogens is 190 g/mol. The Morgan fingerprint density at radius 3 is 2.85 bits per heavy atom. The third-order valence-corrected chi connectivity index (χ3v) is 2.11. The monoisotopic (exact) mass is 201 g/mol. The minimum absolute atomic E-state index is 0.130. The largest absolute Gasteiger partial charge is 0.274 e. The van der Waals surface area contributed by atoms with Crippen LogP contribution < -0.4 is 9.86 Å². The second kappa shape index (κ2) is 3.82. The zero-order valence-corrected chi connectivity index (χ0v) is 8.00. The lowest BCUT2D eigenvalue weighted by molar-refractivity contribution is 0.582. The van der Waals surface area contributed by atoms with E-state index in [1.54, 1.807) is 12.3 Å². The number of aromatic nitrogens is 1. The summed E-state index contributed by atoms with van der Waals surface area (Å²) in [5.74, 6) is 0. The number of hydrogen-bond donors (Lipinski definition) is 2. The first kappa shape index (κ1) is 10.1. The van der Waals surface area contributed by atoms with E-state index in [-0.39, 0.29) is 6.54 Å². The molecule has 1 rings (SSSR count). The molecule has 13 heavy (non-hydrogen) atoms. The Hall–Kier alpha value is -0.980. The molecule has 3 N–H and O–H groups in total. The fourth-order valence-electron chi connectivity index (χ4n) is 0.872. The topological polar surface area (TPSA) is 85.1 Å². The maximum atomic E-state index is 10.6. The fraction of sp³-hybridized carbons (Fsp3) is 0.286. The molecule has 1 aromatic heterocycles. The molecule has 0 saturated carbocycles. The van der Waals surface area contributed by atoms with Gasteiger partial charge in [0.1, 0.15) is 0 Å². The van der Waals surface area contributed by atoms with Crippen molar-refractivity contribution in [2.75, 3.05) is 0 Å². The van der Waals surface area contributed by atoms with Crippen LogP contribution in [-0.4, -0.2) is 13.4 Å². The van der Waals surface area contributed by atoms with Crippen molar-refractivity contribution in [2.45, 2.75) is 13.5 Å². The van der Waals surface area contributed by atoms with Crippen molar-refractivity contribution in [1.82, 2.24) is 9.71 Å². The Bertz CT molecular complexity index is 388. The van der Waals surface area contributed by atoms with Gasteiger partial charge in [0, 0.05) is 6.20 Å². The predicted octanol–water partition coefficient (Wildman–Crippen LogP) is -0.317. The van der Waals surface area contributed by atoms with Crippen molar-refractivity contribution >= 4 is 10.2 Å². The second-order valence-corrected chi connectivity index (χ2v) is 4.01. The van der Waals surface area contributed by atoms with Gasteiger partial charge in [0.25, 0.3) is 10.2 Å². The van der Waals surface area contributed by atoms with E-state index in [0.29, 0.717) is 5.69 Å². The number of nitrogens with zero attached hydrogens (tertiary/aromatic N) is 1. The highest BCUT2D eigenvalue weighted by molar-refractivity contribution is 7.87. The van der Waals surface area contributed by atoms with E-state index in [9.17, 15) is 8.42 Å². The van der Waals surface area contributed by atoms with E-state index in [4.69, 9.17) is 5.14 Å². The lowest BCUT2D eigenvalue weighted by Gasteiger charge is -2.03. The maximum absolute atomic E-state index is 10.6. The normalized spacial score (nSPS) is 11.5. The molecule has 0 bridgehead atoms. The van der Waals surface area contributed by atoms with Gasteiger partial charge in [0.05, 0.1) is 12.2 Å². The zero-order valence-electron chi connectivity index (χ0n) is 7.19. The Kier molecular flexibility index (Phi) is 2.97. The Labute approximate surface area is 77.2 Å². The second-order valence-electron chi connectivity index (χ2n) is 2.63. The summed E-state index contributed by atoms with van der Waals surface area (Å²) in [4.78, 5) is 4.00. The van der Waals surface area contributed by atoms with E-state index in [1.165, 1.54) is 0 Å². The quantitative estimate of drug-likeness (QED) is 0.703. The smallest absolute Gasteiger partial charge is 0.260 e. The van der Waals surface area contributed by atoms with Crippen LogP contribution in [0.3, 0.4) is 0 Å². The van der Waals surface area contributed by atoms with Crippen LogP contribution in [0.5, 0.6) is 0 Å². The molecule has 0 aliphatic heterocycles. The summed E-state index contributed by atoms with van der Waals surface area (Å²) < 4.78 is 23.3. The van der Waals surface area contributed by atoms with Crippen LogP contribution in [0.15, 0.2) is 18.3 Å². The van der Waals surface area contributed by atoms with Crippen molar-refractivity contribution in [3.8, 4) is 0 Å². The van der Waals surface area contributed by atoms with Crippen LogP contribution in [0.1, 0.15) is 11.3 Å². The summed E-state index contributed by atoms with van der Waals surface area (Å²) in [5.41, 5.74) is 1.61. The first-order valence-electron chi connectivity index (χ1n) is 3.67. The first-order valence-corrected chi connectivity index (χ1v) is 5.21. The van der Waals surface area contributed by atoms with Gasteiger partial charge < -0.3 is 0 Å².